The zero-order chi connectivity index (χ0) is 13.0. The lowest BCUT2D eigenvalue weighted by Gasteiger charge is -2.07. The number of H-pyrrole nitrogens is 2. The Morgan fingerprint density at radius 3 is 2.94 bits per heavy atom. The van der Waals surface area contributed by atoms with Crippen LogP contribution in [-0.2, 0) is 16.0 Å². The summed E-state index contributed by atoms with van der Waals surface area (Å²) in [5, 5.41) is 5.61. The first-order valence-electron chi connectivity index (χ1n) is 6.53. The molecule has 1 saturated heterocycles. The van der Waals surface area contributed by atoms with Gasteiger partial charge in [-0.15, -0.1) is 0 Å². The monoisotopic (exact) mass is 269 g/mol. The Hall–Kier alpha value is -1.17. The maximum atomic E-state index is 11.7. The number of carbonyl (C=O) groups excluding carboxylic acids is 1. The van der Waals surface area contributed by atoms with E-state index in [9.17, 15) is 4.79 Å². The first-order chi connectivity index (χ1) is 8.69. The van der Waals surface area contributed by atoms with Crippen molar-refractivity contribution in [3.05, 3.63) is 10.6 Å². The lowest BCUT2D eigenvalue weighted by molar-refractivity contribution is -0.144. The van der Waals surface area contributed by atoms with Crippen LogP contribution in [0.15, 0.2) is 0 Å². The van der Waals surface area contributed by atoms with E-state index in [-0.39, 0.29) is 18.0 Å². The highest BCUT2D eigenvalue weighted by molar-refractivity contribution is 7.71. The third-order valence-electron chi connectivity index (χ3n) is 3.28. The van der Waals surface area contributed by atoms with Crippen molar-refractivity contribution in [1.29, 1.82) is 0 Å². The SMILES string of the molecule is CCCCC[C@H]1C[C@@H](Cc2nc(=S)[nH][nH]2)C(=O)O1. The van der Waals surface area contributed by atoms with Gasteiger partial charge in [-0.2, -0.15) is 0 Å². The highest BCUT2D eigenvalue weighted by atomic mass is 32.1. The minimum absolute atomic E-state index is 0.0782. The molecule has 0 radical (unpaired) electrons. The summed E-state index contributed by atoms with van der Waals surface area (Å²) in [6.45, 7) is 2.17. The summed E-state index contributed by atoms with van der Waals surface area (Å²) in [6, 6.07) is 0. The molecule has 2 heterocycles. The van der Waals surface area contributed by atoms with Crippen molar-refractivity contribution in [2.24, 2.45) is 5.92 Å². The highest BCUT2D eigenvalue weighted by Gasteiger charge is 2.34. The summed E-state index contributed by atoms with van der Waals surface area (Å²) < 4.78 is 5.81. The van der Waals surface area contributed by atoms with Crippen LogP contribution in [0.2, 0.25) is 0 Å². The maximum Gasteiger partial charge on any atom is 0.309 e. The number of cyclic esters (lactones) is 1. The van der Waals surface area contributed by atoms with Gasteiger partial charge in [0.2, 0.25) is 4.77 Å². The molecule has 1 aromatic rings. The number of hydrogen-bond donors (Lipinski definition) is 2. The van der Waals surface area contributed by atoms with Gasteiger partial charge in [0, 0.05) is 6.42 Å². The molecule has 0 aromatic carbocycles. The van der Waals surface area contributed by atoms with Crippen molar-refractivity contribution in [1.82, 2.24) is 15.2 Å². The van der Waals surface area contributed by atoms with Crippen molar-refractivity contribution in [2.45, 2.75) is 51.6 Å². The van der Waals surface area contributed by atoms with Gasteiger partial charge in [0.1, 0.15) is 11.9 Å². The summed E-state index contributed by atoms with van der Waals surface area (Å²) >= 11 is 4.88. The number of nitrogens with one attached hydrogen (secondary N) is 2. The van der Waals surface area contributed by atoms with E-state index in [1.807, 2.05) is 0 Å². The van der Waals surface area contributed by atoms with Crippen molar-refractivity contribution in [3.63, 3.8) is 0 Å². The van der Waals surface area contributed by atoms with Crippen molar-refractivity contribution in [2.75, 3.05) is 0 Å². The molecule has 1 aliphatic heterocycles. The first-order valence-corrected chi connectivity index (χ1v) is 6.94. The molecule has 2 atom stereocenters. The van der Waals surface area contributed by atoms with Gasteiger partial charge in [-0.05, 0) is 31.5 Å². The van der Waals surface area contributed by atoms with Crippen LogP contribution in [0.5, 0.6) is 0 Å². The Morgan fingerprint density at radius 1 is 1.44 bits per heavy atom. The molecule has 1 aliphatic rings. The molecule has 2 N–H and O–H groups in total. The van der Waals surface area contributed by atoms with Crippen LogP contribution in [0.25, 0.3) is 0 Å². The van der Waals surface area contributed by atoms with Gasteiger partial charge >= 0.3 is 5.97 Å². The molecule has 18 heavy (non-hydrogen) atoms. The third kappa shape index (κ3) is 3.41. The zero-order valence-corrected chi connectivity index (χ0v) is 11.4. The maximum absolute atomic E-state index is 11.7. The fourth-order valence-electron chi connectivity index (χ4n) is 2.32. The van der Waals surface area contributed by atoms with Gasteiger partial charge in [0.15, 0.2) is 0 Å². The number of carbonyl (C=O) groups is 1. The fraction of sp³-hybridized carbons (Fsp3) is 0.750. The Bertz CT molecular complexity index is 454. The van der Waals surface area contributed by atoms with Gasteiger partial charge in [-0.3, -0.25) is 15.0 Å². The van der Waals surface area contributed by atoms with E-state index in [0.717, 1.165) is 25.1 Å². The van der Waals surface area contributed by atoms with Crippen LogP contribution in [0.4, 0.5) is 0 Å². The van der Waals surface area contributed by atoms with E-state index in [4.69, 9.17) is 17.0 Å². The Labute approximate surface area is 111 Å². The molecule has 6 heteroatoms. The lowest BCUT2D eigenvalue weighted by atomic mass is 9.98. The van der Waals surface area contributed by atoms with Crippen LogP contribution in [0.3, 0.4) is 0 Å². The second-order valence-electron chi connectivity index (χ2n) is 4.81. The Morgan fingerprint density at radius 2 is 2.28 bits per heavy atom. The normalized spacial score (nSPS) is 23.3. The molecule has 0 unspecified atom stereocenters. The quantitative estimate of drug-likeness (QED) is 0.473. The largest absolute Gasteiger partial charge is 0.462 e. The topological polar surface area (TPSA) is 70.8 Å². The number of ether oxygens (including phenoxy) is 1. The summed E-state index contributed by atoms with van der Waals surface area (Å²) in [4.78, 5) is 15.8. The average Bonchev–Trinajstić information content (AvgIpc) is 2.88. The van der Waals surface area contributed by atoms with E-state index < -0.39 is 0 Å². The molecule has 100 valence electrons. The number of aromatic amines is 2. The average molecular weight is 269 g/mol. The van der Waals surface area contributed by atoms with Crippen molar-refractivity contribution in [3.8, 4) is 0 Å². The Balaban J connectivity index is 1.83. The summed E-state index contributed by atoms with van der Waals surface area (Å²) in [6.07, 6.45) is 5.97. The third-order valence-corrected chi connectivity index (χ3v) is 3.48. The van der Waals surface area contributed by atoms with Crippen LogP contribution in [0, 0.1) is 10.7 Å². The molecule has 0 saturated carbocycles. The van der Waals surface area contributed by atoms with Crippen molar-refractivity contribution >= 4 is 18.2 Å². The zero-order valence-electron chi connectivity index (χ0n) is 10.6. The Kier molecular flexibility index (Phi) is 4.52. The molecular formula is C12H19N3O2S. The number of esters is 1. The van der Waals surface area contributed by atoms with Crippen LogP contribution < -0.4 is 0 Å². The van der Waals surface area contributed by atoms with E-state index in [1.165, 1.54) is 12.8 Å². The molecular weight excluding hydrogens is 250 g/mol. The number of unbranched alkanes of at least 4 members (excludes halogenated alkanes) is 2. The fourth-order valence-corrected chi connectivity index (χ4v) is 2.48. The lowest BCUT2D eigenvalue weighted by Crippen LogP contribution is -2.11. The standard InChI is InChI=1S/C12H19N3O2S/c1-2-3-4-5-9-6-8(11(16)17-9)7-10-13-12(18)15-14-10/h8-9H,2-7H2,1H3,(H2,13,14,15,18)/t8-,9-/m0/s1. The summed E-state index contributed by atoms with van der Waals surface area (Å²) in [7, 11) is 0. The van der Waals surface area contributed by atoms with Crippen molar-refractivity contribution < 1.29 is 9.53 Å². The summed E-state index contributed by atoms with van der Waals surface area (Å²) in [5.41, 5.74) is 0. The predicted molar refractivity (Wildman–Crippen MR) is 69.6 cm³/mol. The van der Waals surface area contributed by atoms with Gasteiger partial charge in [-0.1, -0.05) is 19.8 Å². The van der Waals surface area contributed by atoms with Crippen LogP contribution in [-0.4, -0.2) is 27.3 Å². The molecule has 0 bridgehead atoms. The minimum Gasteiger partial charge on any atom is -0.462 e. The minimum atomic E-state index is -0.0983. The molecule has 0 aliphatic carbocycles. The van der Waals surface area contributed by atoms with Crippen LogP contribution in [0.1, 0.15) is 44.9 Å². The van der Waals surface area contributed by atoms with E-state index in [2.05, 4.69) is 22.1 Å². The van der Waals surface area contributed by atoms with Gasteiger partial charge < -0.3 is 4.74 Å². The van der Waals surface area contributed by atoms with Gasteiger partial charge in [0.25, 0.3) is 0 Å². The van der Waals surface area contributed by atoms with E-state index in [0.29, 0.717) is 11.2 Å². The smallest absolute Gasteiger partial charge is 0.309 e. The second kappa shape index (κ2) is 6.13. The van der Waals surface area contributed by atoms with Gasteiger partial charge in [-0.25, -0.2) is 4.98 Å². The predicted octanol–water partition coefficient (Wildman–Crippen LogP) is 2.52. The second-order valence-corrected chi connectivity index (χ2v) is 5.19. The molecule has 5 nitrogen and oxygen atoms in total. The van der Waals surface area contributed by atoms with E-state index in [1.54, 1.807) is 0 Å². The number of aromatic nitrogens is 3. The number of nitrogens with zero attached hydrogens (tertiary/aromatic N) is 1. The number of rotatable bonds is 6. The molecule has 1 fully saturated rings. The molecule has 2 rings (SSSR count). The molecule has 0 spiro atoms. The highest BCUT2D eigenvalue weighted by Crippen LogP contribution is 2.27. The first kappa shape index (κ1) is 13.3. The number of hydrogen-bond acceptors (Lipinski definition) is 4. The van der Waals surface area contributed by atoms with E-state index >= 15 is 0 Å². The van der Waals surface area contributed by atoms with Crippen LogP contribution >= 0.6 is 12.2 Å². The molecule has 0 amide bonds. The van der Waals surface area contributed by atoms with Gasteiger partial charge in [0.05, 0.1) is 5.92 Å². The molecule has 1 aromatic heterocycles. The summed E-state index contributed by atoms with van der Waals surface area (Å²) in [5.74, 6) is 0.556.